The lowest BCUT2D eigenvalue weighted by atomic mass is 10.3. The highest BCUT2D eigenvalue weighted by molar-refractivity contribution is 6.31. The molecule has 204 valence electrons. The zero-order chi connectivity index (χ0) is 26.9. The molecule has 4 aromatic rings. The van der Waals surface area contributed by atoms with E-state index in [1.165, 1.54) is 12.7 Å². The van der Waals surface area contributed by atoms with E-state index in [9.17, 15) is 0 Å². The first-order valence-electron chi connectivity index (χ1n) is 10.9. The van der Waals surface area contributed by atoms with Crippen LogP contribution in [0.1, 0.15) is 0 Å². The number of aromatic nitrogens is 4. The van der Waals surface area contributed by atoms with Crippen molar-refractivity contribution in [2.45, 2.75) is 0 Å². The maximum Gasteiger partial charge on any atom is 0.135 e. The number of anilines is 5. The van der Waals surface area contributed by atoms with Crippen LogP contribution < -0.4 is 21.7 Å². The number of aliphatic hydroxyl groups excluding tert-OH is 2. The molecule has 0 aliphatic rings. The van der Waals surface area contributed by atoms with Gasteiger partial charge >= 0.3 is 0 Å². The van der Waals surface area contributed by atoms with Crippen molar-refractivity contribution < 1.29 is 10.2 Å². The van der Waals surface area contributed by atoms with E-state index >= 15 is 0 Å². The lowest BCUT2D eigenvalue weighted by Crippen LogP contribution is -2.07. The zero-order valence-corrected chi connectivity index (χ0v) is 23.1. The van der Waals surface area contributed by atoms with E-state index in [4.69, 9.17) is 50.7 Å². The molecular formula is C24H28Cl4N8O2. The molecule has 0 bridgehead atoms. The van der Waals surface area contributed by atoms with Gasteiger partial charge in [-0.2, -0.15) is 0 Å². The van der Waals surface area contributed by atoms with Gasteiger partial charge in [0.25, 0.3) is 0 Å². The zero-order valence-electron chi connectivity index (χ0n) is 20.1. The van der Waals surface area contributed by atoms with Gasteiger partial charge in [0.05, 0.1) is 13.2 Å². The molecule has 10 nitrogen and oxygen atoms in total. The normalized spacial score (nSPS) is 9.53. The third-order valence-electron chi connectivity index (χ3n) is 4.08. The highest BCUT2D eigenvalue weighted by Crippen LogP contribution is 2.19. The van der Waals surface area contributed by atoms with Crippen molar-refractivity contribution in [3.8, 4) is 0 Å². The number of nitrogens with zero attached hydrogens (tertiary/aromatic N) is 4. The van der Waals surface area contributed by atoms with Gasteiger partial charge in [-0.15, -0.1) is 12.4 Å². The lowest BCUT2D eigenvalue weighted by molar-refractivity contribution is 0.306. The molecule has 2 aromatic heterocycles. The number of hydrogen-bond donors (Lipinski definition) is 6. The topological polar surface area (TPSA) is 154 Å². The average molecular weight is 602 g/mol. The van der Waals surface area contributed by atoms with Crippen molar-refractivity contribution in [2.24, 2.45) is 5.73 Å². The van der Waals surface area contributed by atoms with Crippen LogP contribution in [0.15, 0.2) is 73.3 Å². The fourth-order valence-electron chi connectivity index (χ4n) is 2.47. The number of aliphatic hydroxyl groups is 2. The smallest absolute Gasteiger partial charge is 0.135 e. The first kappa shape index (κ1) is 33.1. The van der Waals surface area contributed by atoms with Gasteiger partial charge in [0.1, 0.15) is 35.3 Å². The lowest BCUT2D eigenvalue weighted by Gasteiger charge is -2.07. The molecule has 0 unspecified atom stereocenters. The summed E-state index contributed by atoms with van der Waals surface area (Å²) in [7, 11) is 0. The van der Waals surface area contributed by atoms with Crippen molar-refractivity contribution in [2.75, 3.05) is 42.3 Å². The minimum atomic E-state index is 0. The Morgan fingerprint density at radius 1 is 0.658 bits per heavy atom. The van der Waals surface area contributed by atoms with Crippen molar-refractivity contribution in [3.63, 3.8) is 0 Å². The van der Waals surface area contributed by atoms with Crippen LogP contribution >= 0.6 is 47.2 Å². The summed E-state index contributed by atoms with van der Waals surface area (Å²) in [5.74, 6) is 1.99. The average Bonchev–Trinajstić information content (AvgIpc) is 2.91. The molecule has 0 radical (unpaired) electrons. The van der Waals surface area contributed by atoms with E-state index in [0.717, 1.165) is 11.4 Å². The Kier molecular flexibility index (Phi) is 16.7. The number of nitrogens with two attached hydrogens (primary N) is 1. The molecule has 0 fully saturated rings. The second-order valence-corrected chi connectivity index (χ2v) is 8.20. The Morgan fingerprint density at radius 3 is 1.55 bits per heavy atom. The molecule has 0 aliphatic carbocycles. The van der Waals surface area contributed by atoms with Crippen molar-refractivity contribution in [1.29, 1.82) is 0 Å². The van der Waals surface area contributed by atoms with Gasteiger partial charge in [-0.1, -0.05) is 34.8 Å². The summed E-state index contributed by atoms with van der Waals surface area (Å²) in [6.07, 6.45) is 2.86. The fourth-order valence-corrected chi connectivity index (χ4v) is 2.87. The Hall–Kier alpha value is -2.96. The second-order valence-electron chi connectivity index (χ2n) is 6.94. The second kappa shape index (κ2) is 19.2. The molecule has 0 saturated carbocycles. The van der Waals surface area contributed by atoms with Crippen molar-refractivity contribution >= 4 is 76.0 Å². The fraction of sp³-hybridized carbons (Fsp3) is 0.167. The maximum atomic E-state index is 8.72. The molecule has 0 spiro atoms. The maximum absolute atomic E-state index is 8.72. The van der Waals surface area contributed by atoms with Crippen LogP contribution in [0.3, 0.4) is 0 Å². The first-order chi connectivity index (χ1) is 17.9. The summed E-state index contributed by atoms with van der Waals surface area (Å²) in [5.41, 5.74) is 6.57. The van der Waals surface area contributed by atoms with Crippen LogP contribution in [0, 0.1) is 0 Å². The van der Waals surface area contributed by atoms with E-state index in [-0.39, 0.29) is 25.6 Å². The molecule has 2 aromatic carbocycles. The summed E-state index contributed by atoms with van der Waals surface area (Å²) >= 11 is 17.3. The molecule has 0 amide bonds. The van der Waals surface area contributed by atoms with E-state index in [0.29, 0.717) is 45.7 Å². The third-order valence-corrected chi connectivity index (χ3v) is 4.79. The molecule has 2 heterocycles. The van der Waals surface area contributed by atoms with Gasteiger partial charge in [-0.3, -0.25) is 0 Å². The Morgan fingerprint density at radius 2 is 1.11 bits per heavy atom. The van der Waals surface area contributed by atoms with E-state index in [2.05, 4.69) is 35.9 Å². The van der Waals surface area contributed by atoms with Crippen LogP contribution in [0.25, 0.3) is 0 Å². The molecule has 0 aliphatic heterocycles. The third kappa shape index (κ3) is 13.5. The van der Waals surface area contributed by atoms with Crippen LogP contribution in [-0.4, -0.2) is 56.5 Å². The Labute approximate surface area is 242 Å². The number of hydrogen-bond acceptors (Lipinski definition) is 10. The summed E-state index contributed by atoms with van der Waals surface area (Å²) in [4.78, 5) is 16.0. The molecule has 14 heteroatoms. The standard InChI is InChI=1S/C12H13ClN4O.C10H7Cl2N3.C2H7NO.ClH/c13-9-1-3-10(4-2-9)17-12-7-11(14-5-6-18)15-8-16-12;11-7-1-3-8(4-2-7)15-10-5-9(12)13-6-14-10;3-1-2-4;/h1-4,7-8,18H,5-6H2,(H2,14,15,16,17);1-6H,(H,13,14,15);4H,1-3H2;1H. The molecule has 38 heavy (non-hydrogen) atoms. The van der Waals surface area contributed by atoms with Gasteiger partial charge in [0, 0.05) is 46.6 Å². The van der Waals surface area contributed by atoms with E-state index in [1.807, 2.05) is 24.3 Å². The summed E-state index contributed by atoms with van der Waals surface area (Å²) in [5, 5.41) is 27.4. The van der Waals surface area contributed by atoms with Gasteiger partial charge < -0.3 is 31.9 Å². The van der Waals surface area contributed by atoms with Crippen molar-refractivity contribution in [3.05, 3.63) is 88.5 Å². The minimum Gasteiger partial charge on any atom is -0.395 e. The summed E-state index contributed by atoms with van der Waals surface area (Å²) < 4.78 is 0. The highest BCUT2D eigenvalue weighted by Gasteiger charge is 2.00. The van der Waals surface area contributed by atoms with Crippen LogP contribution in [-0.2, 0) is 0 Å². The number of nitrogens with one attached hydrogen (secondary N) is 3. The van der Waals surface area contributed by atoms with E-state index < -0.39 is 0 Å². The number of halogens is 4. The predicted molar refractivity (Wildman–Crippen MR) is 158 cm³/mol. The molecule has 0 saturated heterocycles. The Balaban J connectivity index is 0.000000329. The monoisotopic (exact) mass is 600 g/mol. The van der Waals surface area contributed by atoms with Crippen LogP contribution in [0.2, 0.25) is 15.2 Å². The minimum absolute atomic E-state index is 0. The largest absolute Gasteiger partial charge is 0.395 e. The predicted octanol–water partition coefficient (Wildman–Crippen LogP) is 5.16. The van der Waals surface area contributed by atoms with Crippen molar-refractivity contribution in [1.82, 2.24) is 19.9 Å². The highest BCUT2D eigenvalue weighted by atomic mass is 35.5. The van der Waals surface area contributed by atoms with Gasteiger partial charge in [0.15, 0.2) is 0 Å². The summed E-state index contributed by atoms with van der Waals surface area (Å²) in [6, 6.07) is 18.1. The van der Waals surface area contributed by atoms with Gasteiger partial charge in [-0.05, 0) is 48.5 Å². The number of benzene rings is 2. The van der Waals surface area contributed by atoms with Crippen LogP contribution in [0.4, 0.5) is 28.8 Å². The number of rotatable bonds is 8. The van der Waals surface area contributed by atoms with Gasteiger partial charge in [-0.25, -0.2) is 19.9 Å². The quantitative estimate of drug-likeness (QED) is 0.149. The van der Waals surface area contributed by atoms with E-state index in [1.54, 1.807) is 36.4 Å². The summed E-state index contributed by atoms with van der Waals surface area (Å²) in [6.45, 7) is 0.987. The molecule has 7 N–H and O–H groups in total. The SMILES string of the molecule is Cl.Clc1ccc(Nc2cc(Cl)ncn2)cc1.NCCO.OCCNc1cc(Nc2ccc(Cl)cc2)ncn1. The molecule has 4 rings (SSSR count). The molecule has 0 atom stereocenters. The Bertz CT molecular complexity index is 1190. The van der Waals surface area contributed by atoms with Gasteiger partial charge in [0.2, 0.25) is 0 Å². The molecular weight excluding hydrogens is 574 g/mol. The first-order valence-corrected chi connectivity index (χ1v) is 12.1. The van der Waals surface area contributed by atoms with Crippen LogP contribution in [0.5, 0.6) is 0 Å².